The predicted octanol–water partition coefficient (Wildman–Crippen LogP) is 1.76. The van der Waals surface area contributed by atoms with E-state index < -0.39 is 0 Å². The summed E-state index contributed by atoms with van der Waals surface area (Å²) in [5, 5.41) is 7.90. The van der Waals surface area contributed by atoms with Gasteiger partial charge in [-0.1, -0.05) is 6.07 Å². The molecule has 1 atom stereocenters. The van der Waals surface area contributed by atoms with Crippen LogP contribution in [0.2, 0.25) is 0 Å². The van der Waals surface area contributed by atoms with Crippen molar-refractivity contribution >= 4 is 22.7 Å². The van der Waals surface area contributed by atoms with Gasteiger partial charge in [0.05, 0.1) is 30.2 Å². The Labute approximate surface area is 150 Å². The lowest BCUT2D eigenvalue weighted by Crippen LogP contribution is -2.42. The van der Waals surface area contributed by atoms with Crippen molar-refractivity contribution in [2.75, 3.05) is 13.6 Å². The van der Waals surface area contributed by atoms with Crippen molar-refractivity contribution in [2.45, 2.75) is 19.0 Å². The summed E-state index contributed by atoms with van der Waals surface area (Å²) in [5.74, 6) is -0.118. The normalized spacial score (nSPS) is 16.3. The van der Waals surface area contributed by atoms with Gasteiger partial charge in [-0.05, 0) is 30.3 Å². The van der Waals surface area contributed by atoms with E-state index >= 15 is 0 Å². The van der Waals surface area contributed by atoms with Gasteiger partial charge in [0.15, 0.2) is 0 Å². The molecule has 0 bridgehead atoms. The first-order chi connectivity index (χ1) is 12.7. The van der Waals surface area contributed by atoms with E-state index in [-0.39, 0.29) is 24.3 Å². The predicted molar refractivity (Wildman–Crippen MR) is 96.4 cm³/mol. The molecule has 3 aromatic rings. The highest BCUT2D eigenvalue weighted by atomic mass is 16.2. The Hall–Kier alpha value is -3.22. The summed E-state index contributed by atoms with van der Waals surface area (Å²) >= 11 is 0. The number of pyridine rings is 1. The minimum absolute atomic E-state index is 0.0508. The highest BCUT2D eigenvalue weighted by Gasteiger charge is 2.30. The van der Waals surface area contributed by atoms with Gasteiger partial charge in [0.2, 0.25) is 5.91 Å². The van der Waals surface area contributed by atoms with Gasteiger partial charge < -0.3 is 10.2 Å². The van der Waals surface area contributed by atoms with Crippen molar-refractivity contribution in [1.29, 1.82) is 0 Å². The summed E-state index contributed by atoms with van der Waals surface area (Å²) in [6, 6.07) is 11.1. The summed E-state index contributed by atoms with van der Waals surface area (Å²) in [7, 11) is 1.61. The third-order valence-electron chi connectivity index (χ3n) is 4.72. The molecule has 1 aliphatic heterocycles. The molecule has 4 rings (SSSR count). The number of carbonyl (C=O) groups excluding carboxylic acids is 2. The molecule has 7 nitrogen and oxygen atoms in total. The molecule has 0 fully saturated rings. The molecular formula is C19H19N5O2. The van der Waals surface area contributed by atoms with Gasteiger partial charge in [0.25, 0.3) is 5.91 Å². The molecule has 7 heteroatoms. The molecule has 1 aliphatic rings. The quantitative estimate of drug-likeness (QED) is 0.781. The van der Waals surface area contributed by atoms with Gasteiger partial charge in [0, 0.05) is 36.9 Å². The van der Waals surface area contributed by atoms with Crippen LogP contribution in [0.15, 0.2) is 48.8 Å². The number of fused-ring (bicyclic) bond motifs is 2. The number of amides is 2. The summed E-state index contributed by atoms with van der Waals surface area (Å²) < 4.78 is 1.85. The van der Waals surface area contributed by atoms with E-state index in [0.29, 0.717) is 18.7 Å². The summed E-state index contributed by atoms with van der Waals surface area (Å²) in [4.78, 5) is 31.0. The van der Waals surface area contributed by atoms with E-state index in [9.17, 15) is 9.59 Å². The minimum Gasteiger partial charge on any atom is -0.359 e. The van der Waals surface area contributed by atoms with Gasteiger partial charge in [-0.15, -0.1) is 0 Å². The van der Waals surface area contributed by atoms with Crippen LogP contribution < -0.4 is 5.32 Å². The van der Waals surface area contributed by atoms with Gasteiger partial charge >= 0.3 is 0 Å². The first-order valence-corrected chi connectivity index (χ1v) is 8.53. The molecule has 0 saturated heterocycles. The van der Waals surface area contributed by atoms with E-state index in [0.717, 1.165) is 16.6 Å². The number of hydrogen-bond acceptors (Lipinski definition) is 4. The zero-order valence-corrected chi connectivity index (χ0v) is 14.4. The highest BCUT2D eigenvalue weighted by molar-refractivity contribution is 5.98. The molecule has 2 aromatic heterocycles. The number of carbonyl (C=O) groups is 2. The standard InChI is InChI=1S/C19H19N5O2/c1-20-18(25)10-16-12-23(11-15-6-8-22-24(15)16)19(26)14-4-5-17-13(9-14)3-2-7-21-17/h2-9,16H,10-12H2,1H3,(H,20,25)/t16-/m1/s1. The van der Waals surface area contributed by atoms with Crippen LogP contribution in [0.1, 0.15) is 28.5 Å². The van der Waals surface area contributed by atoms with Gasteiger partial charge in [-0.3, -0.25) is 19.3 Å². The molecule has 0 saturated carbocycles. The van der Waals surface area contributed by atoms with E-state index in [1.54, 1.807) is 30.4 Å². The lowest BCUT2D eigenvalue weighted by Gasteiger charge is -2.33. The Morgan fingerprint density at radius 2 is 2.12 bits per heavy atom. The van der Waals surface area contributed by atoms with Crippen LogP contribution in [0.3, 0.4) is 0 Å². The number of hydrogen-bond donors (Lipinski definition) is 1. The van der Waals surface area contributed by atoms with Crippen LogP contribution in [0.25, 0.3) is 10.9 Å². The second-order valence-corrected chi connectivity index (χ2v) is 6.39. The maximum absolute atomic E-state index is 13.1. The average molecular weight is 349 g/mol. The van der Waals surface area contributed by atoms with Gasteiger partial charge in [0.1, 0.15) is 0 Å². The fourth-order valence-corrected chi connectivity index (χ4v) is 3.40. The average Bonchev–Trinajstić information content (AvgIpc) is 3.15. The second-order valence-electron chi connectivity index (χ2n) is 6.39. The second kappa shape index (κ2) is 6.59. The van der Waals surface area contributed by atoms with Crippen LogP contribution in [-0.2, 0) is 11.3 Å². The molecule has 0 radical (unpaired) electrons. The van der Waals surface area contributed by atoms with Gasteiger partial charge in [-0.25, -0.2) is 0 Å². The highest BCUT2D eigenvalue weighted by Crippen LogP contribution is 2.25. The monoisotopic (exact) mass is 349 g/mol. The summed E-state index contributed by atoms with van der Waals surface area (Å²) in [6.45, 7) is 0.931. The molecule has 0 spiro atoms. The molecule has 1 aromatic carbocycles. The van der Waals surface area contributed by atoms with E-state index in [4.69, 9.17) is 0 Å². The third-order valence-corrected chi connectivity index (χ3v) is 4.72. The number of nitrogens with zero attached hydrogens (tertiary/aromatic N) is 4. The number of benzene rings is 1. The molecule has 1 N–H and O–H groups in total. The van der Waals surface area contributed by atoms with Crippen LogP contribution in [-0.4, -0.2) is 45.1 Å². The SMILES string of the molecule is CNC(=O)C[C@@H]1CN(C(=O)c2ccc3ncccc3c2)Cc2ccnn21. The third kappa shape index (κ3) is 2.92. The Kier molecular flexibility index (Phi) is 4.12. The van der Waals surface area contributed by atoms with Crippen LogP contribution >= 0.6 is 0 Å². The molecular weight excluding hydrogens is 330 g/mol. The molecule has 3 heterocycles. The van der Waals surface area contributed by atoms with Crippen LogP contribution in [0.4, 0.5) is 0 Å². The minimum atomic E-state index is -0.167. The smallest absolute Gasteiger partial charge is 0.254 e. The summed E-state index contributed by atoms with van der Waals surface area (Å²) in [5.41, 5.74) is 2.41. The van der Waals surface area contributed by atoms with Crippen LogP contribution in [0, 0.1) is 0 Å². The Morgan fingerprint density at radius 1 is 1.23 bits per heavy atom. The largest absolute Gasteiger partial charge is 0.359 e. The van der Waals surface area contributed by atoms with E-state index in [1.807, 2.05) is 35.0 Å². The Bertz CT molecular complexity index is 981. The zero-order valence-electron chi connectivity index (χ0n) is 14.4. The van der Waals surface area contributed by atoms with E-state index in [2.05, 4.69) is 15.4 Å². The molecule has 2 amide bonds. The fraction of sp³-hybridized carbons (Fsp3) is 0.263. The fourth-order valence-electron chi connectivity index (χ4n) is 3.40. The van der Waals surface area contributed by atoms with E-state index in [1.165, 1.54) is 0 Å². The maximum atomic E-state index is 13.1. The van der Waals surface area contributed by atoms with Crippen molar-refractivity contribution in [3.63, 3.8) is 0 Å². The number of nitrogens with one attached hydrogen (secondary N) is 1. The molecule has 0 aliphatic carbocycles. The lowest BCUT2D eigenvalue weighted by atomic mass is 10.1. The van der Waals surface area contributed by atoms with Crippen molar-refractivity contribution in [1.82, 2.24) is 25.0 Å². The summed E-state index contributed by atoms with van der Waals surface area (Å²) in [6.07, 6.45) is 3.73. The van der Waals surface area contributed by atoms with Gasteiger partial charge in [-0.2, -0.15) is 5.10 Å². The Balaban J connectivity index is 1.62. The Morgan fingerprint density at radius 3 is 2.96 bits per heavy atom. The molecule has 0 unspecified atom stereocenters. The lowest BCUT2D eigenvalue weighted by molar-refractivity contribution is -0.121. The molecule has 132 valence electrons. The molecule has 26 heavy (non-hydrogen) atoms. The van der Waals surface area contributed by atoms with Crippen molar-refractivity contribution in [3.05, 3.63) is 60.0 Å². The first-order valence-electron chi connectivity index (χ1n) is 8.53. The zero-order chi connectivity index (χ0) is 18.1. The number of aromatic nitrogens is 3. The van der Waals surface area contributed by atoms with Crippen LogP contribution in [0.5, 0.6) is 0 Å². The van der Waals surface area contributed by atoms with Crippen molar-refractivity contribution in [3.8, 4) is 0 Å². The number of rotatable bonds is 3. The van der Waals surface area contributed by atoms with Crippen molar-refractivity contribution < 1.29 is 9.59 Å². The topological polar surface area (TPSA) is 80.1 Å². The maximum Gasteiger partial charge on any atom is 0.254 e. The first kappa shape index (κ1) is 16.3. The van der Waals surface area contributed by atoms with Crippen molar-refractivity contribution in [2.24, 2.45) is 0 Å².